The summed E-state index contributed by atoms with van der Waals surface area (Å²) >= 11 is 0. The fourth-order valence-corrected chi connectivity index (χ4v) is 3.73. The number of fused-ring (bicyclic) bond motifs is 1. The zero-order chi connectivity index (χ0) is 29.5. The lowest BCUT2D eigenvalue weighted by Crippen LogP contribution is -2.43. The van der Waals surface area contributed by atoms with Crippen molar-refractivity contribution >= 4 is 40.2 Å². The molecule has 0 saturated carbocycles. The summed E-state index contributed by atoms with van der Waals surface area (Å²) in [6, 6.07) is 1.46. The molecule has 1 atom stereocenters. The Balaban J connectivity index is 0.000000673. The number of Topliss-reactive ketones (excluding diaryl/α,β-unsaturated/α-hetero) is 1. The van der Waals surface area contributed by atoms with Crippen molar-refractivity contribution in [3.05, 3.63) is 35.5 Å². The fraction of sp³-hybridized carbons (Fsp3) is 0.435. The summed E-state index contributed by atoms with van der Waals surface area (Å²) in [5.74, 6) is -6.10. The van der Waals surface area contributed by atoms with Crippen molar-refractivity contribution in [2.24, 2.45) is 0 Å². The topological polar surface area (TPSA) is 137 Å². The van der Waals surface area contributed by atoms with Crippen molar-refractivity contribution < 1.29 is 60.1 Å². The minimum atomic E-state index is -5.08. The molecule has 1 aliphatic rings. The van der Waals surface area contributed by atoms with E-state index in [0.717, 1.165) is 37.6 Å². The molecule has 214 valence electrons. The smallest absolute Gasteiger partial charge is 0.481 e. The zero-order valence-corrected chi connectivity index (χ0v) is 19.9. The Bertz CT molecular complexity index is 1230. The van der Waals surface area contributed by atoms with E-state index in [1.165, 1.54) is 6.07 Å². The number of piperidine rings is 1. The van der Waals surface area contributed by atoms with E-state index < -0.39 is 60.7 Å². The SMILES string of the molecule is O=C(O)C(F)(F)F.O=C(O)CC(NC(=O)c1cnc2cc(C(F)(F)F)ccc2c1N1CCCCC1)C(=O)CF. The maximum Gasteiger partial charge on any atom is 0.490 e. The van der Waals surface area contributed by atoms with Crippen molar-refractivity contribution in [3.8, 4) is 0 Å². The molecule has 2 aromatic rings. The first-order valence-corrected chi connectivity index (χ1v) is 11.2. The van der Waals surface area contributed by atoms with E-state index in [1.807, 2.05) is 4.90 Å². The monoisotopic (exact) mass is 569 g/mol. The maximum absolute atomic E-state index is 13.1. The average Bonchev–Trinajstić information content (AvgIpc) is 2.86. The molecule has 1 aromatic carbocycles. The number of ketones is 1. The van der Waals surface area contributed by atoms with Gasteiger partial charge in [0.25, 0.3) is 5.91 Å². The summed E-state index contributed by atoms with van der Waals surface area (Å²) in [7, 11) is 0. The molecule has 1 amide bonds. The summed E-state index contributed by atoms with van der Waals surface area (Å²) in [4.78, 5) is 50.5. The number of pyridine rings is 1. The molecular weight excluding hydrogens is 547 g/mol. The summed E-state index contributed by atoms with van der Waals surface area (Å²) in [5.41, 5.74) is -0.517. The second kappa shape index (κ2) is 12.7. The number of amides is 1. The van der Waals surface area contributed by atoms with Gasteiger partial charge in [-0.1, -0.05) is 6.07 Å². The highest BCUT2D eigenvalue weighted by molar-refractivity contribution is 6.09. The highest BCUT2D eigenvalue weighted by Crippen LogP contribution is 2.36. The van der Waals surface area contributed by atoms with Crippen molar-refractivity contribution in [2.75, 3.05) is 24.7 Å². The molecule has 2 heterocycles. The highest BCUT2D eigenvalue weighted by atomic mass is 19.4. The Morgan fingerprint density at radius 1 is 1.00 bits per heavy atom. The number of anilines is 1. The van der Waals surface area contributed by atoms with Crippen LogP contribution in [0, 0.1) is 0 Å². The van der Waals surface area contributed by atoms with Crippen LogP contribution in [0.5, 0.6) is 0 Å². The van der Waals surface area contributed by atoms with Gasteiger partial charge in [0.15, 0.2) is 5.78 Å². The minimum Gasteiger partial charge on any atom is -0.481 e. The summed E-state index contributed by atoms with van der Waals surface area (Å²) in [5, 5.41) is 18.6. The van der Waals surface area contributed by atoms with Crippen LogP contribution in [0.2, 0.25) is 0 Å². The van der Waals surface area contributed by atoms with E-state index in [0.29, 0.717) is 24.2 Å². The predicted octanol–water partition coefficient (Wildman–Crippen LogP) is 3.99. The average molecular weight is 569 g/mol. The first-order valence-electron chi connectivity index (χ1n) is 11.2. The Labute approximate surface area is 215 Å². The fourth-order valence-electron chi connectivity index (χ4n) is 3.73. The van der Waals surface area contributed by atoms with E-state index in [1.54, 1.807) is 0 Å². The minimum absolute atomic E-state index is 0.0267. The van der Waals surface area contributed by atoms with Crippen molar-refractivity contribution in [1.29, 1.82) is 0 Å². The van der Waals surface area contributed by atoms with Gasteiger partial charge in [-0.3, -0.25) is 19.4 Å². The molecular formula is C23H22F7N3O6. The number of nitrogens with one attached hydrogen (secondary N) is 1. The van der Waals surface area contributed by atoms with Crippen LogP contribution in [0.1, 0.15) is 41.6 Å². The van der Waals surface area contributed by atoms with Gasteiger partial charge < -0.3 is 20.4 Å². The number of benzene rings is 1. The van der Waals surface area contributed by atoms with Gasteiger partial charge in [0.05, 0.1) is 28.8 Å². The molecule has 16 heteroatoms. The largest absolute Gasteiger partial charge is 0.490 e. The molecule has 39 heavy (non-hydrogen) atoms. The van der Waals surface area contributed by atoms with Gasteiger partial charge in [-0.2, -0.15) is 26.3 Å². The molecule has 0 aliphatic carbocycles. The molecule has 1 saturated heterocycles. The van der Waals surface area contributed by atoms with E-state index >= 15 is 0 Å². The van der Waals surface area contributed by atoms with E-state index in [2.05, 4.69) is 10.3 Å². The van der Waals surface area contributed by atoms with E-state index in [9.17, 15) is 45.1 Å². The van der Waals surface area contributed by atoms with Crippen LogP contribution in [-0.4, -0.2) is 70.8 Å². The number of carbonyl (C=O) groups is 4. The van der Waals surface area contributed by atoms with E-state index in [4.69, 9.17) is 15.0 Å². The van der Waals surface area contributed by atoms with Gasteiger partial charge in [0, 0.05) is 24.7 Å². The van der Waals surface area contributed by atoms with Crippen molar-refractivity contribution in [1.82, 2.24) is 10.3 Å². The standard InChI is InChI=1S/C21H21F4N3O4.C2HF3O2/c22-10-17(29)16(9-18(30)31)27-20(32)14-11-26-15-8-12(21(23,24)25)4-5-13(15)19(14)28-6-2-1-3-7-28;3-2(4,5)1(6)7/h4-5,8,11,16H,1-3,6-7,9-10H2,(H,27,32)(H,30,31);(H,6,7). The number of carboxylic acid groups (broad SMARTS) is 2. The molecule has 1 aromatic heterocycles. The van der Waals surface area contributed by atoms with Crippen molar-refractivity contribution in [2.45, 2.75) is 44.1 Å². The molecule has 3 rings (SSSR count). The molecule has 0 radical (unpaired) electrons. The number of nitrogens with zero attached hydrogens (tertiary/aromatic N) is 2. The second-order valence-electron chi connectivity index (χ2n) is 8.32. The lowest BCUT2D eigenvalue weighted by molar-refractivity contribution is -0.192. The van der Waals surface area contributed by atoms with Gasteiger partial charge in [-0.15, -0.1) is 0 Å². The third kappa shape index (κ3) is 8.51. The first-order chi connectivity index (χ1) is 18.1. The molecule has 3 N–H and O–H groups in total. The van der Waals surface area contributed by atoms with Gasteiger partial charge in [0.2, 0.25) is 0 Å². The quantitative estimate of drug-likeness (QED) is 0.426. The van der Waals surface area contributed by atoms with Gasteiger partial charge in [-0.05, 0) is 31.4 Å². The number of hydrogen-bond donors (Lipinski definition) is 3. The second-order valence-corrected chi connectivity index (χ2v) is 8.32. The number of carboxylic acids is 2. The number of alkyl halides is 7. The van der Waals surface area contributed by atoms with Gasteiger partial charge >= 0.3 is 24.3 Å². The summed E-state index contributed by atoms with van der Waals surface area (Å²) < 4.78 is 84.0. The van der Waals surface area contributed by atoms with Crippen LogP contribution in [0.15, 0.2) is 24.4 Å². The third-order valence-corrected chi connectivity index (χ3v) is 5.53. The van der Waals surface area contributed by atoms with Crippen LogP contribution < -0.4 is 10.2 Å². The maximum atomic E-state index is 13.1. The molecule has 1 unspecified atom stereocenters. The Morgan fingerprint density at radius 2 is 1.59 bits per heavy atom. The lowest BCUT2D eigenvalue weighted by atomic mass is 10.0. The predicted molar refractivity (Wildman–Crippen MR) is 121 cm³/mol. The molecule has 1 fully saturated rings. The Morgan fingerprint density at radius 3 is 2.08 bits per heavy atom. The number of aromatic nitrogens is 1. The molecule has 1 aliphatic heterocycles. The summed E-state index contributed by atoms with van der Waals surface area (Å²) in [6.07, 6.45) is -6.76. The highest BCUT2D eigenvalue weighted by Gasteiger charge is 2.38. The van der Waals surface area contributed by atoms with Gasteiger partial charge in [0.1, 0.15) is 12.7 Å². The molecule has 9 nitrogen and oxygen atoms in total. The third-order valence-electron chi connectivity index (χ3n) is 5.53. The first kappa shape index (κ1) is 31.2. The van der Waals surface area contributed by atoms with Crippen LogP contribution in [-0.2, 0) is 20.6 Å². The lowest BCUT2D eigenvalue weighted by Gasteiger charge is -2.31. The molecule has 0 spiro atoms. The van der Waals surface area contributed by atoms with Gasteiger partial charge in [-0.25, -0.2) is 9.18 Å². The number of carbonyl (C=O) groups excluding carboxylic acids is 2. The number of rotatable bonds is 7. The number of halogens is 7. The Kier molecular flexibility index (Phi) is 10.2. The number of aliphatic carboxylic acids is 2. The van der Waals surface area contributed by atoms with Crippen molar-refractivity contribution in [3.63, 3.8) is 0 Å². The Hall–Kier alpha value is -3.98. The van der Waals surface area contributed by atoms with Crippen LogP contribution in [0.3, 0.4) is 0 Å². The van der Waals surface area contributed by atoms with E-state index in [-0.39, 0.29) is 11.1 Å². The zero-order valence-electron chi connectivity index (χ0n) is 19.9. The van der Waals surface area contributed by atoms with Crippen LogP contribution in [0.4, 0.5) is 36.4 Å². The normalized spacial score (nSPS) is 14.7. The van der Waals surface area contributed by atoms with Crippen LogP contribution in [0.25, 0.3) is 10.9 Å². The van der Waals surface area contributed by atoms with Crippen LogP contribution >= 0.6 is 0 Å². The molecule has 0 bridgehead atoms. The summed E-state index contributed by atoms with van der Waals surface area (Å²) in [6.45, 7) is -0.335. The number of hydrogen-bond acceptors (Lipinski definition) is 6.